The molecule has 0 aromatic heterocycles. The summed E-state index contributed by atoms with van der Waals surface area (Å²) in [4.78, 5) is 0. The van der Waals surface area contributed by atoms with Crippen molar-refractivity contribution in [3.63, 3.8) is 0 Å². The molecule has 1 atom stereocenters. The third kappa shape index (κ3) is 3.50. The Morgan fingerprint density at radius 2 is 2.40 bits per heavy atom. The van der Waals surface area contributed by atoms with Crippen molar-refractivity contribution in [1.29, 1.82) is 0 Å². The molecular weight excluding hydrogens is 256 g/mol. The Hall–Kier alpha value is -0.540. The fraction of sp³-hybridized carbons (Fsp3) is 0.500. The topological polar surface area (TPSA) is 18.5 Å². The van der Waals surface area contributed by atoms with Crippen molar-refractivity contribution in [1.82, 2.24) is 0 Å². The van der Waals surface area contributed by atoms with Crippen molar-refractivity contribution in [2.75, 3.05) is 13.2 Å². The Labute approximate surface area is 98.7 Å². The van der Waals surface area contributed by atoms with Crippen LogP contribution in [0.15, 0.2) is 28.7 Å². The first-order chi connectivity index (χ1) is 7.34. The van der Waals surface area contributed by atoms with E-state index in [4.69, 9.17) is 9.47 Å². The molecule has 82 valence electrons. The molecule has 0 aliphatic carbocycles. The van der Waals surface area contributed by atoms with Crippen LogP contribution in [0, 0.1) is 0 Å². The van der Waals surface area contributed by atoms with Gasteiger partial charge in [-0.25, -0.2) is 0 Å². The van der Waals surface area contributed by atoms with Crippen molar-refractivity contribution in [3.05, 3.63) is 28.7 Å². The van der Waals surface area contributed by atoms with Crippen LogP contribution in [-0.2, 0) is 4.74 Å². The van der Waals surface area contributed by atoms with Gasteiger partial charge in [0.25, 0.3) is 0 Å². The number of benzene rings is 1. The SMILES string of the molecule is Brc1cccc(OCCC2CCCO2)c1. The molecule has 0 spiro atoms. The molecule has 2 nitrogen and oxygen atoms in total. The summed E-state index contributed by atoms with van der Waals surface area (Å²) in [6.07, 6.45) is 3.78. The summed E-state index contributed by atoms with van der Waals surface area (Å²) < 4.78 is 12.2. The average Bonchev–Trinajstić information content (AvgIpc) is 2.71. The minimum atomic E-state index is 0.414. The number of ether oxygens (including phenoxy) is 2. The second kappa shape index (κ2) is 5.52. The van der Waals surface area contributed by atoms with Gasteiger partial charge in [-0.1, -0.05) is 22.0 Å². The highest BCUT2D eigenvalue weighted by molar-refractivity contribution is 9.10. The number of hydrogen-bond acceptors (Lipinski definition) is 2. The molecule has 1 aromatic rings. The predicted octanol–water partition coefficient (Wildman–Crippen LogP) is 3.40. The number of halogens is 1. The molecule has 1 fully saturated rings. The van der Waals surface area contributed by atoms with Gasteiger partial charge in [-0.3, -0.25) is 0 Å². The molecule has 0 N–H and O–H groups in total. The van der Waals surface area contributed by atoms with Crippen LogP contribution in [0.1, 0.15) is 19.3 Å². The number of rotatable bonds is 4. The van der Waals surface area contributed by atoms with Gasteiger partial charge in [-0.2, -0.15) is 0 Å². The smallest absolute Gasteiger partial charge is 0.120 e. The highest BCUT2D eigenvalue weighted by Crippen LogP contribution is 2.19. The van der Waals surface area contributed by atoms with Crippen LogP contribution in [0.5, 0.6) is 5.75 Å². The zero-order valence-corrected chi connectivity index (χ0v) is 10.2. The summed E-state index contributed by atoms with van der Waals surface area (Å²) >= 11 is 3.42. The van der Waals surface area contributed by atoms with E-state index in [0.29, 0.717) is 6.10 Å². The Balaban J connectivity index is 1.73. The van der Waals surface area contributed by atoms with Crippen molar-refractivity contribution >= 4 is 15.9 Å². The van der Waals surface area contributed by atoms with Crippen LogP contribution < -0.4 is 4.74 Å². The van der Waals surface area contributed by atoms with E-state index in [1.807, 2.05) is 24.3 Å². The second-order valence-electron chi connectivity index (χ2n) is 3.73. The van der Waals surface area contributed by atoms with E-state index in [1.54, 1.807) is 0 Å². The van der Waals surface area contributed by atoms with Crippen LogP contribution >= 0.6 is 15.9 Å². The maximum atomic E-state index is 5.64. The Morgan fingerprint density at radius 3 is 3.13 bits per heavy atom. The molecule has 15 heavy (non-hydrogen) atoms. The molecule has 3 heteroatoms. The van der Waals surface area contributed by atoms with Gasteiger partial charge in [-0.15, -0.1) is 0 Å². The van der Waals surface area contributed by atoms with E-state index >= 15 is 0 Å². The van der Waals surface area contributed by atoms with Crippen molar-refractivity contribution in [3.8, 4) is 5.75 Å². The van der Waals surface area contributed by atoms with Crippen LogP contribution in [-0.4, -0.2) is 19.3 Å². The second-order valence-corrected chi connectivity index (χ2v) is 4.65. The monoisotopic (exact) mass is 270 g/mol. The standard InChI is InChI=1S/C12H15BrO2/c13-10-3-1-4-12(9-10)15-8-6-11-5-2-7-14-11/h1,3-4,9,11H,2,5-8H2. The lowest BCUT2D eigenvalue weighted by Gasteiger charge is -2.10. The Morgan fingerprint density at radius 1 is 1.47 bits per heavy atom. The fourth-order valence-corrected chi connectivity index (χ4v) is 2.12. The maximum absolute atomic E-state index is 5.64. The van der Waals surface area contributed by atoms with Gasteiger partial charge >= 0.3 is 0 Å². The zero-order chi connectivity index (χ0) is 10.5. The molecule has 1 heterocycles. The summed E-state index contributed by atoms with van der Waals surface area (Å²) in [5, 5.41) is 0. The molecule has 0 amide bonds. The zero-order valence-electron chi connectivity index (χ0n) is 8.62. The van der Waals surface area contributed by atoms with Gasteiger partial charge in [0.2, 0.25) is 0 Å². The molecule has 1 saturated heterocycles. The fourth-order valence-electron chi connectivity index (χ4n) is 1.74. The van der Waals surface area contributed by atoms with E-state index in [9.17, 15) is 0 Å². The normalized spacial score (nSPS) is 20.5. The summed E-state index contributed by atoms with van der Waals surface area (Å²) in [5.41, 5.74) is 0. The minimum Gasteiger partial charge on any atom is -0.493 e. The molecule has 2 rings (SSSR count). The van der Waals surface area contributed by atoms with Gasteiger partial charge in [0, 0.05) is 17.5 Å². The average molecular weight is 271 g/mol. The quantitative estimate of drug-likeness (QED) is 0.835. The Bertz CT molecular complexity index is 308. The van der Waals surface area contributed by atoms with Crippen molar-refractivity contribution in [2.45, 2.75) is 25.4 Å². The lowest BCUT2D eigenvalue weighted by Crippen LogP contribution is -2.10. The molecule has 1 aromatic carbocycles. The first-order valence-corrected chi connectivity index (χ1v) is 6.14. The maximum Gasteiger partial charge on any atom is 0.120 e. The van der Waals surface area contributed by atoms with Gasteiger partial charge in [0.1, 0.15) is 5.75 Å². The largest absolute Gasteiger partial charge is 0.493 e. The molecular formula is C12H15BrO2. The third-order valence-corrected chi connectivity index (χ3v) is 3.02. The van der Waals surface area contributed by atoms with Crippen LogP contribution in [0.2, 0.25) is 0 Å². The van der Waals surface area contributed by atoms with Gasteiger partial charge < -0.3 is 9.47 Å². The van der Waals surface area contributed by atoms with Crippen LogP contribution in [0.4, 0.5) is 0 Å². The van der Waals surface area contributed by atoms with Crippen molar-refractivity contribution < 1.29 is 9.47 Å². The Kier molecular flexibility index (Phi) is 4.03. The van der Waals surface area contributed by atoms with Gasteiger partial charge in [0.05, 0.1) is 12.7 Å². The molecule has 1 aliphatic rings. The van der Waals surface area contributed by atoms with E-state index in [-0.39, 0.29) is 0 Å². The highest BCUT2D eigenvalue weighted by Gasteiger charge is 2.14. The van der Waals surface area contributed by atoms with Gasteiger partial charge in [0.15, 0.2) is 0 Å². The lowest BCUT2D eigenvalue weighted by molar-refractivity contribution is 0.0903. The summed E-state index contributed by atoms with van der Waals surface area (Å²) in [7, 11) is 0. The predicted molar refractivity (Wildman–Crippen MR) is 63.2 cm³/mol. The molecule has 0 saturated carbocycles. The van der Waals surface area contributed by atoms with Crippen LogP contribution in [0.25, 0.3) is 0 Å². The van der Waals surface area contributed by atoms with Crippen molar-refractivity contribution in [2.24, 2.45) is 0 Å². The molecule has 1 unspecified atom stereocenters. The molecule has 0 bridgehead atoms. The van der Waals surface area contributed by atoms with Crippen LogP contribution in [0.3, 0.4) is 0 Å². The molecule has 1 aliphatic heterocycles. The minimum absolute atomic E-state index is 0.414. The van der Waals surface area contributed by atoms with E-state index in [0.717, 1.165) is 29.9 Å². The van der Waals surface area contributed by atoms with E-state index in [2.05, 4.69) is 15.9 Å². The van der Waals surface area contributed by atoms with E-state index in [1.165, 1.54) is 12.8 Å². The lowest BCUT2D eigenvalue weighted by atomic mass is 10.2. The highest BCUT2D eigenvalue weighted by atomic mass is 79.9. The summed E-state index contributed by atoms with van der Waals surface area (Å²) in [6.45, 7) is 1.66. The number of hydrogen-bond donors (Lipinski definition) is 0. The summed E-state index contributed by atoms with van der Waals surface area (Å²) in [5.74, 6) is 0.919. The first kappa shape index (κ1) is 11.0. The van der Waals surface area contributed by atoms with Gasteiger partial charge in [-0.05, 0) is 31.0 Å². The first-order valence-electron chi connectivity index (χ1n) is 5.34. The summed E-state index contributed by atoms with van der Waals surface area (Å²) in [6, 6.07) is 7.92. The van der Waals surface area contributed by atoms with E-state index < -0.39 is 0 Å². The third-order valence-electron chi connectivity index (χ3n) is 2.53. The molecule has 0 radical (unpaired) electrons.